The van der Waals surface area contributed by atoms with Crippen molar-refractivity contribution in [3.8, 4) is 23.2 Å². The molecule has 0 saturated carbocycles. The van der Waals surface area contributed by atoms with Crippen molar-refractivity contribution >= 4 is 39.5 Å². The fourth-order valence-corrected chi connectivity index (χ4v) is 3.65. The lowest BCUT2D eigenvalue weighted by atomic mass is 10.1. The molecule has 0 radical (unpaired) electrons. The Kier molecular flexibility index (Phi) is 6.96. The average Bonchev–Trinajstić information content (AvgIpc) is 3.16. The second-order valence-corrected chi connectivity index (χ2v) is 8.01. The van der Waals surface area contributed by atoms with Crippen LogP contribution in [0.15, 0.2) is 45.9 Å². The van der Waals surface area contributed by atoms with Crippen molar-refractivity contribution in [2.24, 2.45) is 4.99 Å². The highest BCUT2D eigenvalue weighted by Crippen LogP contribution is 2.32. The van der Waals surface area contributed by atoms with E-state index in [9.17, 15) is 5.26 Å². The molecule has 0 bridgehead atoms. The van der Waals surface area contributed by atoms with Crippen molar-refractivity contribution in [1.82, 2.24) is 14.3 Å². The molecule has 2 heterocycles. The van der Waals surface area contributed by atoms with Gasteiger partial charge >= 0.3 is 0 Å². The second kappa shape index (κ2) is 9.63. The highest BCUT2D eigenvalue weighted by atomic mass is 79.9. The first-order chi connectivity index (χ1) is 14.0. The average molecular weight is 470 g/mol. The van der Waals surface area contributed by atoms with Gasteiger partial charge in [0.15, 0.2) is 0 Å². The summed E-state index contributed by atoms with van der Waals surface area (Å²) in [5.41, 5.74) is 3.67. The first kappa shape index (κ1) is 21.0. The summed E-state index contributed by atoms with van der Waals surface area (Å²) in [7, 11) is 1.96. The summed E-state index contributed by atoms with van der Waals surface area (Å²) in [6.45, 7) is 5.04. The van der Waals surface area contributed by atoms with E-state index < -0.39 is 0 Å². The van der Waals surface area contributed by atoms with E-state index in [1.54, 1.807) is 6.34 Å². The van der Waals surface area contributed by atoms with Crippen LogP contribution in [0.5, 0.6) is 5.88 Å². The molecule has 1 aromatic carbocycles. The molecule has 0 unspecified atom stereocenters. The molecule has 3 rings (SSSR count). The third-order valence-corrected chi connectivity index (χ3v) is 5.65. The summed E-state index contributed by atoms with van der Waals surface area (Å²) in [4.78, 5) is 11.7. The zero-order valence-corrected chi connectivity index (χ0v) is 18.8. The fourth-order valence-electron chi connectivity index (χ4n) is 2.49. The number of aryl methyl sites for hydroxylation is 1. The van der Waals surface area contributed by atoms with Crippen LogP contribution in [-0.4, -0.2) is 34.2 Å². The first-order valence-electron chi connectivity index (χ1n) is 9.02. The Balaban J connectivity index is 1.79. The molecule has 0 spiro atoms. The van der Waals surface area contributed by atoms with Gasteiger partial charge < -0.3 is 9.64 Å². The molecule has 0 aliphatic carbocycles. The summed E-state index contributed by atoms with van der Waals surface area (Å²) >= 11 is 4.78. The second-order valence-electron chi connectivity index (χ2n) is 6.29. The van der Waals surface area contributed by atoms with Crippen molar-refractivity contribution < 1.29 is 4.74 Å². The van der Waals surface area contributed by atoms with Gasteiger partial charge in [0.2, 0.25) is 5.88 Å². The van der Waals surface area contributed by atoms with Crippen LogP contribution in [0.25, 0.3) is 11.3 Å². The maximum Gasteiger partial charge on any atom is 0.228 e. The molecule has 0 amide bonds. The molecule has 6 nitrogen and oxygen atoms in total. The summed E-state index contributed by atoms with van der Waals surface area (Å²) in [5, 5.41) is 9.62. The molecule has 0 aliphatic rings. The lowest BCUT2D eigenvalue weighted by molar-refractivity contribution is 0.294. The van der Waals surface area contributed by atoms with E-state index in [0.717, 1.165) is 28.4 Å². The van der Waals surface area contributed by atoms with Gasteiger partial charge in [-0.15, -0.1) is 0 Å². The van der Waals surface area contributed by atoms with Crippen LogP contribution in [0.2, 0.25) is 0 Å². The van der Waals surface area contributed by atoms with Crippen LogP contribution in [-0.2, 0) is 6.61 Å². The van der Waals surface area contributed by atoms with Gasteiger partial charge in [0.1, 0.15) is 18.4 Å². The van der Waals surface area contributed by atoms with Crippen LogP contribution < -0.4 is 4.74 Å². The minimum absolute atomic E-state index is 0.222. The SMILES string of the molecule is CCN(C)/C=N/c1cc(Br)c(OCc2snc(-c3ccccc3)c2C#N)nc1C. The number of benzene rings is 1. The van der Waals surface area contributed by atoms with Gasteiger partial charge in [-0.05, 0) is 47.4 Å². The van der Waals surface area contributed by atoms with E-state index in [1.165, 1.54) is 11.5 Å². The quantitative estimate of drug-likeness (QED) is 0.344. The number of hydrogen-bond acceptors (Lipinski definition) is 6. The van der Waals surface area contributed by atoms with Crippen molar-refractivity contribution in [3.05, 3.63) is 57.0 Å². The van der Waals surface area contributed by atoms with Crippen LogP contribution in [0, 0.1) is 18.3 Å². The lowest BCUT2D eigenvalue weighted by Gasteiger charge is -2.11. The summed E-state index contributed by atoms with van der Waals surface area (Å²) in [6.07, 6.45) is 1.78. The maximum atomic E-state index is 9.62. The predicted molar refractivity (Wildman–Crippen MR) is 120 cm³/mol. The Bertz CT molecular complexity index is 1060. The van der Waals surface area contributed by atoms with E-state index in [1.807, 2.05) is 55.3 Å². The zero-order valence-electron chi connectivity index (χ0n) is 16.4. The van der Waals surface area contributed by atoms with E-state index in [0.29, 0.717) is 21.6 Å². The number of hydrogen-bond donors (Lipinski definition) is 0. The van der Waals surface area contributed by atoms with E-state index in [4.69, 9.17) is 4.74 Å². The molecule has 8 heteroatoms. The number of halogens is 1. The number of nitriles is 1. The normalized spacial score (nSPS) is 10.9. The number of aromatic nitrogens is 2. The maximum absolute atomic E-state index is 9.62. The molecule has 0 aliphatic heterocycles. The highest BCUT2D eigenvalue weighted by Gasteiger charge is 2.17. The third kappa shape index (κ3) is 5.00. The molecule has 0 fully saturated rings. The molecule has 3 aromatic rings. The standard InChI is InChI=1S/C21H20BrN5OS/c1-4-27(3)13-24-18-10-17(22)21(25-14(18)2)28-12-19-16(11-23)20(26-29-19)15-8-6-5-7-9-15/h5-10,13H,4,12H2,1-3H3/b24-13+. The smallest absolute Gasteiger partial charge is 0.228 e. The number of ether oxygens (including phenoxy) is 1. The molecular weight excluding hydrogens is 450 g/mol. The van der Waals surface area contributed by atoms with Crippen LogP contribution in [0.3, 0.4) is 0 Å². The van der Waals surface area contributed by atoms with Crippen LogP contribution >= 0.6 is 27.5 Å². The van der Waals surface area contributed by atoms with Gasteiger partial charge in [0.05, 0.1) is 32.6 Å². The first-order valence-corrected chi connectivity index (χ1v) is 10.6. The zero-order chi connectivity index (χ0) is 20.8. The molecule has 29 heavy (non-hydrogen) atoms. The highest BCUT2D eigenvalue weighted by molar-refractivity contribution is 9.10. The Hall–Kier alpha value is -2.76. The van der Waals surface area contributed by atoms with Crippen molar-refractivity contribution in [2.45, 2.75) is 20.5 Å². The topological polar surface area (TPSA) is 74.4 Å². The van der Waals surface area contributed by atoms with Gasteiger partial charge in [-0.1, -0.05) is 30.3 Å². The van der Waals surface area contributed by atoms with E-state index in [2.05, 4.69) is 43.3 Å². The van der Waals surface area contributed by atoms with Crippen molar-refractivity contribution in [1.29, 1.82) is 5.26 Å². The molecular formula is C21H20BrN5OS. The molecule has 2 aromatic heterocycles. The lowest BCUT2D eigenvalue weighted by Crippen LogP contribution is -2.14. The molecule has 148 valence electrons. The fraction of sp³-hybridized carbons (Fsp3) is 0.238. The van der Waals surface area contributed by atoms with Gasteiger partial charge in [-0.25, -0.2) is 9.98 Å². The summed E-state index contributed by atoms with van der Waals surface area (Å²) in [5.74, 6) is 0.462. The monoisotopic (exact) mass is 469 g/mol. The number of rotatable bonds is 7. The Morgan fingerprint density at radius 3 is 2.79 bits per heavy atom. The van der Waals surface area contributed by atoms with Gasteiger partial charge in [0, 0.05) is 19.2 Å². The van der Waals surface area contributed by atoms with Crippen LogP contribution in [0.4, 0.5) is 5.69 Å². The Morgan fingerprint density at radius 1 is 1.34 bits per heavy atom. The van der Waals surface area contributed by atoms with Gasteiger partial charge in [-0.2, -0.15) is 9.64 Å². The minimum Gasteiger partial charge on any atom is -0.471 e. The van der Waals surface area contributed by atoms with E-state index in [-0.39, 0.29) is 6.61 Å². The number of nitrogens with zero attached hydrogens (tertiary/aromatic N) is 5. The van der Waals surface area contributed by atoms with E-state index >= 15 is 0 Å². The van der Waals surface area contributed by atoms with Gasteiger partial charge in [-0.3, -0.25) is 0 Å². The Labute approximate surface area is 182 Å². The van der Waals surface area contributed by atoms with Crippen molar-refractivity contribution in [2.75, 3.05) is 13.6 Å². The largest absolute Gasteiger partial charge is 0.471 e. The van der Waals surface area contributed by atoms with Crippen LogP contribution in [0.1, 0.15) is 23.1 Å². The molecule has 0 N–H and O–H groups in total. The summed E-state index contributed by atoms with van der Waals surface area (Å²) in [6, 6.07) is 13.8. The van der Waals surface area contributed by atoms with Crippen molar-refractivity contribution in [3.63, 3.8) is 0 Å². The number of aliphatic imine (C=N–C) groups is 1. The molecule has 0 atom stereocenters. The number of pyridine rings is 1. The van der Waals surface area contributed by atoms with Gasteiger partial charge in [0.25, 0.3) is 0 Å². The predicted octanol–water partition coefficient (Wildman–Crippen LogP) is 5.34. The Morgan fingerprint density at radius 2 is 2.10 bits per heavy atom. The minimum atomic E-state index is 0.222. The molecule has 0 saturated heterocycles. The summed E-state index contributed by atoms with van der Waals surface area (Å²) < 4.78 is 11.1. The third-order valence-electron chi connectivity index (χ3n) is 4.26.